The summed E-state index contributed by atoms with van der Waals surface area (Å²) in [5.41, 5.74) is 3.13. The van der Waals surface area contributed by atoms with Crippen molar-refractivity contribution in [2.45, 2.75) is 70.1 Å². The predicted octanol–water partition coefficient (Wildman–Crippen LogP) is 6.27. The summed E-state index contributed by atoms with van der Waals surface area (Å²) in [6.07, 6.45) is 3.01. The average Bonchev–Trinajstić information content (AvgIpc) is 3.11. The molecule has 1 fully saturated rings. The maximum atomic E-state index is 14.9. The molecule has 0 spiro atoms. The molecule has 0 amide bonds. The number of aliphatic hydroxyl groups is 1. The fraction of sp³-hybridized carbons (Fsp3) is 0.480. The van der Waals surface area contributed by atoms with Crippen LogP contribution in [0.25, 0.3) is 0 Å². The quantitative estimate of drug-likeness (QED) is 0.250. The van der Waals surface area contributed by atoms with Gasteiger partial charge in [0.25, 0.3) is 5.69 Å². The number of nitro groups is 1. The van der Waals surface area contributed by atoms with Crippen molar-refractivity contribution in [1.82, 2.24) is 0 Å². The number of benzene rings is 2. The second kappa shape index (κ2) is 12.2. The zero-order valence-electron chi connectivity index (χ0n) is 18.2. The van der Waals surface area contributed by atoms with Crippen molar-refractivity contribution in [2.75, 3.05) is 0 Å². The summed E-state index contributed by atoms with van der Waals surface area (Å²) in [5, 5.41) is 22.1. The molecule has 0 aliphatic heterocycles. The largest absolute Gasteiger partial charge is 0.388 e. The first kappa shape index (κ1) is 26.1. The number of hydrogen-bond donors (Lipinski definition) is 1. The molecule has 0 saturated heterocycles. The van der Waals surface area contributed by atoms with Gasteiger partial charge in [-0.2, -0.15) is 0 Å². The molecule has 4 unspecified atom stereocenters. The van der Waals surface area contributed by atoms with E-state index in [1.54, 1.807) is 18.2 Å². The van der Waals surface area contributed by atoms with Crippen LogP contribution in [0.1, 0.15) is 73.3 Å². The average molecular weight is 501 g/mol. The molecule has 31 heavy (non-hydrogen) atoms. The van der Waals surface area contributed by atoms with Crippen LogP contribution in [0.5, 0.6) is 0 Å². The van der Waals surface area contributed by atoms with Gasteiger partial charge in [0.15, 0.2) is 0 Å². The number of aliphatic hydroxyl groups excluding tert-OH is 1. The summed E-state index contributed by atoms with van der Waals surface area (Å²) in [6, 6.07) is 13.1. The normalized spacial score (nSPS) is 21.5. The van der Waals surface area contributed by atoms with Gasteiger partial charge in [-0.05, 0) is 42.7 Å². The third kappa shape index (κ3) is 6.21. The maximum Gasteiger partial charge on any atom is 0.273 e. The zero-order chi connectivity index (χ0) is 21.7. The van der Waals surface area contributed by atoms with Crippen molar-refractivity contribution in [1.29, 1.82) is 0 Å². The fourth-order valence-electron chi connectivity index (χ4n) is 4.76. The van der Waals surface area contributed by atoms with Gasteiger partial charge < -0.3 is 12.0 Å². The second-order valence-corrected chi connectivity index (χ2v) is 8.33. The van der Waals surface area contributed by atoms with E-state index in [4.69, 9.17) is 0 Å². The number of halogens is 1. The monoisotopic (exact) mass is 501 g/mol. The van der Waals surface area contributed by atoms with Gasteiger partial charge in [0.2, 0.25) is 0 Å². The second-order valence-electron chi connectivity index (χ2n) is 8.33. The van der Waals surface area contributed by atoms with E-state index in [1.807, 2.05) is 24.3 Å². The summed E-state index contributed by atoms with van der Waals surface area (Å²) in [4.78, 5) is 11.3. The Balaban J connectivity index is 0.00000341. The summed E-state index contributed by atoms with van der Waals surface area (Å²) in [6.45, 7) is 5.89. The third-order valence-corrected chi connectivity index (χ3v) is 6.40. The van der Waals surface area contributed by atoms with Crippen LogP contribution in [-0.2, 0) is 45.6 Å². The van der Waals surface area contributed by atoms with Crippen molar-refractivity contribution < 1.29 is 47.1 Å². The van der Waals surface area contributed by atoms with E-state index in [1.165, 1.54) is 0 Å². The topological polar surface area (TPSA) is 63.4 Å². The van der Waals surface area contributed by atoms with Crippen LogP contribution in [-0.4, -0.2) is 16.2 Å². The van der Waals surface area contributed by atoms with E-state index in [-0.39, 0.29) is 55.2 Å². The Kier molecular flexibility index (Phi) is 10.2. The van der Waals surface area contributed by atoms with Gasteiger partial charge in [-0.3, -0.25) is 10.1 Å². The number of rotatable bonds is 9. The smallest absolute Gasteiger partial charge is 0.273 e. The Labute approximate surface area is 209 Å². The molecule has 165 valence electrons. The van der Waals surface area contributed by atoms with Crippen LogP contribution in [0.4, 0.5) is 10.1 Å². The molecule has 4 nitrogen and oxygen atoms in total. The molecule has 1 aliphatic rings. The van der Waals surface area contributed by atoms with Crippen LogP contribution >= 0.6 is 0 Å². The molecule has 1 saturated carbocycles. The molecule has 0 heterocycles. The van der Waals surface area contributed by atoms with Gasteiger partial charge in [0, 0.05) is 49.8 Å². The Bertz CT molecular complexity index is 876. The minimum atomic E-state index is -0.994. The number of alkyl halides is 1. The molecular formula is C25H31FNO3Y-. The van der Waals surface area contributed by atoms with Gasteiger partial charge in [0.05, 0.1) is 11.0 Å². The van der Waals surface area contributed by atoms with E-state index in [2.05, 4.69) is 13.8 Å². The predicted molar refractivity (Wildman–Crippen MR) is 117 cm³/mol. The van der Waals surface area contributed by atoms with E-state index >= 15 is 0 Å². The first-order chi connectivity index (χ1) is 14.5. The van der Waals surface area contributed by atoms with Gasteiger partial charge in [-0.25, -0.2) is 4.39 Å². The summed E-state index contributed by atoms with van der Waals surface area (Å²) in [5.74, 6) is -0.326. The van der Waals surface area contributed by atoms with Crippen molar-refractivity contribution in [2.24, 2.45) is 5.92 Å². The van der Waals surface area contributed by atoms with E-state index < -0.39 is 12.3 Å². The number of nitro benzene ring substituents is 1. The molecule has 0 bridgehead atoms. The van der Waals surface area contributed by atoms with E-state index in [9.17, 15) is 19.6 Å². The minimum absolute atomic E-state index is 0. The Morgan fingerprint density at radius 2 is 1.94 bits per heavy atom. The minimum Gasteiger partial charge on any atom is -0.388 e. The van der Waals surface area contributed by atoms with Gasteiger partial charge >= 0.3 is 0 Å². The van der Waals surface area contributed by atoms with E-state index in [0.29, 0.717) is 43.2 Å². The Morgan fingerprint density at radius 3 is 2.61 bits per heavy atom. The fourth-order valence-corrected chi connectivity index (χ4v) is 4.76. The van der Waals surface area contributed by atoms with Crippen molar-refractivity contribution in [3.05, 3.63) is 81.8 Å². The zero-order valence-corrected chi connectivity index (χ0v) is 21.0. The Morgan fingerprint density at radius 1 is 1.23 bits per heavy atom. The molecule has 1 aliphatic carbocycles. The van der Waals surface area contributed by atoms with E-state index in [0.717, 1.165) is 24.0 Å². The maximum absolute atomic E-state index is 14.9. The van der Waals surface area contributed by atoms with Crippen LogP contribution < -0.4 is 0 Å². The van der Waals surface area contributed by atoms with Crippen LogP contribution in [0, 0.1) is 23.0 Å². The van der Waals surface area contributed by atoms with Gasteiger partial charge in [-0.1, -0.05) is 62.2 Å². The standard InChI is InChI=1S/C25H31FNO3.Y/c1-3-5-12-24(28)19-10-7-9-18(15-19)21-13-14-23(26)22(21)16-20-11-6-8-17(4-2)25(20)27(29)30;/h6-11,15,21-24,28H,2-5,12-14,16H2,1H3;/q-1;. The van der Waals surface area contributed by atoms with Crippen LogP contribution in [0.3, 0.4) is 0 Å². The first-order valence-electron chi connectivity index (χ1n) is 10.9. The summed E-state index contributed by atoms with van der Waals surface area (Å²) >= 11 is 0. The molecular weight excluding hydrogens is 470 g/mol. The van der Waals surface area contributed by atoms with Crippen LogP contribution in [0.2, 0.25) is 0 Å². The molecule has 4 atom stereocenters. The van der Waals surface area contributed by atoms with Gasteiger partial charge in [0.1, 0.15) is 6.17 Å². The Hall–Kier alpha value is -1.17. The molecule has 1 radical (unpaired) electrons. The molecule has 2 aromatic rings. The van der Waals surface area contributed by atoms with Crippen molar-refractivity contribution in [3.8, 4) is 0 Å². The SMILES string of the molecule is [CH2-]Cc1cccc(CC2C(F)CCC2c2cccc(C(O)CCCC)c2)c1[N+](=O)[O-].[Y]. The molecule has 1 N–H and O–H groups in total. The van der Waals surface area contributed by atoms with Gasteiger partial charge in [-0.15, -0.1) is 6.42 Å². The summed E-state index contributed by atoms with van der Waals surface area (Å²) < 4.78 is 14.9. The first-order valence-corrected chi connectivity index (χ1v) is 10.9. The molecule has 6 heteroatoms. The third-order valence-electron chi connectivity index (χ3n) is 6.40. The number of unbranched alkanes of at least 4 members (excludes halogenated alkanes) is 1. The van der Waals surface area contributed by atoms with Crippen molar-refractivity contribution in [3.63, 3.8) is 0 Å². The van der Waals surface area contributed by atoms with Crippen molar-refractivity contribution >= 4 is 5.69 Å². The molecule has 3 rings (SSSR count). The molecule has 2 aromatic carbocycles. The van der Waals surface area contributed by atoms with Crippen LogP contribution in [0.15, 0.2) is 42.5 Å². The molecule has 0 aromatic heterocycles. The number of hydrogen-bond acceptors (Lipinski definition) is 3. The number of para-hydroxylation sites is 1. The number of nitrogens with zero attached hydrogens (tertiary/aromatic N) is 1. The summed E-state index contributed by atoms with van der Waals surface area (Å²) in [7, 11) is 0.